The van der Waals surface area contributed by atoms with Gasteiger partial charge in [-0.1, -0.05) is 30.0 Å². The van der Waals surface area contributed by atoms with E-state index in [1.807, 2.05) is 0 Å². The van der Waals surface area contributed by atoms with Crippen LogP contribution in [0.5, 0.6) is 0 Å². The summed E-state index contributed by atoms with van der Waals surface area (Å²) in [5, 5.41) is 19.4. The molecular weight excluding hydrogens is 226 g/mol. The van der Waals surface area contributed by atoms with E-state index in [9.17, 15) is 15.0 Å². The van der Waals surface area contributed by atoms with E-state index in [1.54, 1.807) is 24.3 Å². The SMILES string of the molecule is CC(=O)SCC(O)C(O)c1ccccc1N. The summed E-state index contributed by atoms with van der Waals surface area (Å²) >= 11 is 0.979. The minimum absolute atomic E-state index is 0.0905. The Morgan fingerprint density at radius 3 is 2.62 bits per heavy atom. The van der Waals surface area contributed by atoms with Crippen molar-refractivity contribution in [2.75, 3.05) is 11.5 Å². The number of carbonyl (C=O) groups excluding carboxylic acids is 1. The molecule has 0 aliphatic rings. The van der Waals surface area contributed by atoms with Gasteiger partial charge < -0.3 is 15.9 Å². The fraction of sp³-hybridized carbons (Fsp3) is 0.364. The molecule has 88 valence electrons. The Morgan fingerprint density at radius 1 is 1.44 bits per heavy atom. The number of aliphatic hydroxyl groups is 2. The molecule has 1 rings (SSSR count). The van der Waals surface area contributed by atoms with Crippen LogP contribution in [0.4, 0.5) is 5.69 Å². The van der Waals surface area contributed by atoms with Crippen molar-refractivity contribution in [3.05, 3.63) is 29.8 Å². The number of benzene rings is 1. The predicted molar refractivity (Wildman–Crippen MR) is 65.0 cm³/mol. The maximum atomic E-state index is 10.7. The van der Waals surface area contributed by atoms with Gasteiger partial charge in [-0.15, -0.1) is 0 Å². The predicted octanol–water partition coefficient (Wildman–Crippen LogP) is 0.943. The van der Waals surface area contributed by atoms with Gasteiger partial charge in [0.15, 0.2) is 5.12 Å². The fourth-order valence-corrected chi connectivity index (χ4v) is 1.87. The first-order chi connectivity index (χ1) is 7.52. The van der Waals surface area contributed by atoms with Crippen LogP contribution in [0.25, 0.3) is 0 Å². The third-order valence-electron chi connectivity index (χ3n) is 2.14. The quantitative estimate of drug-likeness (QED) is 0.683. The van der Waals surface area contributed by atoms with Gasteiger partial charge in [-0.25, -0.2) is 0 Å². The fourth-order valence-electron chi connectivity index (χ4n) is 1.28. The number of nitrogens with two attached hydrogens (primary N) is 1. The highest BCUT2D eigenvalue weighted by atomic mass is 32.2. The molecule has 0 saturated heterocycles. The molecule has 1 aromatic rings. The Balaban J connectivity index is 2.66. The number of carbonyl (C=O) groups is 1. The summed E-state index contributed by atoms with van der Waals surface area (Å²) in [6.45, 7) is 1.42. The Bertz CT molecular complexity index is 370. The second-order valence-electron chi connectivity index (χ2n) is 3.44. The van der Waals surface area contributed by atoms with Crippen molar-refractivity contribution in [3.63, 3.8) is 0 Å². The summed E-state index contributed by atoms with van der Waals surface area (Å²) in [5.74, 6) is 0.158. The van der Waals surface area contributed by atoms with Crippen molar-refractivity contribution < 1.29 is 15.0 Å². The van der Waals surface area contributed by atoms with Crippen LogP contribution in [-0.4, -0.2) is 27.2 Å². The van der Waals surface area contributed by atoms with Gasteiger partial charge in [-0.3, -0.25) is 4.79 Å². The summed E-state index contributed by atoms with van der Waals surface area (Å²) < 4.78 is 0. The lowest BCUT2D eigenvalue weighted by Gasteiger charge is -2.18. The van der Waals surface area contributed by atoms with Crippen LogP contribution in [0.2, 0.25) is 0 Å². The third kappa shape index (κ3) is 3.52. The minimum Gasteiger partial charge on any atom is -0.398 e. The van der Waals surface area contributed by atoms with E-state index in [2.05, 4.69) is 0 Å². The first-order valence-electron chi connectivity index (χ1n) is 4.86. The molecular formula is C11H15NO3S. The third-order valence-corrected chi connectivity index (χ3v) is 3.05. The zero-order valence-corrected chi connectivity index (χ0v) is 9.78. The van der Waals surface area contributed by atoms with Crippen LogP contribution >= 0.6 is 11.8 Å². The number of nitrogen functional groups attached to an aromatic ring is 1. The summed E-state index contributed by atoms with van der Waals surface area (Å²) in [6, 6.07) is 6.80. The van der Waals surface area contributed by atoms with E-state index in [4.69, 9.17) is 5.73 Å². The lowest BCUT2D eigenvalue weighted by Crippen LogP contribution is -2.22. The highest BCUT2D eigenvalue weighted by Crippen LogP contribution is 2.24. The molecule has 0 radical (unpaired) electrons. The Hall–Kier alpha value is -1.04. The van der Waals surface area contributed by atoms with Crippen molar-refractivity contribution in [3.8, 4) is 0 Å². The number of thioether (sulfide) groups is 1. The molecule has 0 aliphatic heterocycles. The van der Waals surface area contributed by atoms with Crippen LogP contribution in [-0.2, 0) is 4.79 Å². The van der Waals surface area contributed by atoms with Crippen molar-refractivity contribution >= 4 is 22.6 Å². The van der Waals surface area contributed by atoms with E-state index in [-0.39, 0.29) is 10.9 Å². The molecule has 4 N–H and O–H groups in total. The zero-order chi connectivity index (χ0) is 12.1. The highest BCUT2D eigenvalue weighted by Gasteiger charge is 2.20. The van der Waals surface area contributed by atoms with Crippen molar-refractivity contribution in [1.82, 2.24) is 0 Å². The molecule has 5 heteroatoms. The van der Waals surface area contributed by atoms with Crippen molar-refractivity contribution in [2.45, 2.75) is 19.1 Å². The second kappa shape index (κ2) is 5.89. The van der Waals surface area contributed by atoms with E-state index in [1.165, 1.54) is 6.92 Å². The molecule has 0 bridgehead atoms. The first-order valence-corrected chi connectivity index (χ1v) is 5.85. The van der Waals surface area contributed by atoms with E-state index in [0.717, 1.165) is 11.8 Å². The van der Waals surface area contributed by atoms with Gasteiger partial charge in [0.1, 0.15) is 6.10 Å². The Kier molecular flexibility index (Phi) is 4.79. The van der Waals surface area contributed by atoms with Gasteiger partial charge in [0.2, 0.25) is 0 Å². The largest absolute Gasteiger partial charge is 0.398 e. The molecule has 0 saturated carbocycles. The second-order valence-corrected chi connectivity index (χ2v) is 4.64. The molecule has 4 nitrogen and oxygen atoms in total. The lowest BCUT2D eigenvalue weighted by atomic mass is 10.0. The number of anilines is 1. The summed E-state index contributed by atoms with van der Waals surface area (Å²) in [6.07, 6.45) is -2.06. The number of hydrogen-bond acceptors (Lipinski definition) is 5. The maximum Gasteiger partial charge on any atom is 0.185 e. The molecule has 2 unspecified atom stereocenters. The minimum atomic E-state index is -1.06. The monoisotopic (exact) mass is 241 g/mol. The maximum absolute atomic E-state index is 10.7. The molecule has 1 aromatic carbocycles. The van der Waals surface area contributed by atoms with Gasteiger partial charge in [0, 0.05) is 23.9 Å². The van der Waals surface area contributed by atoms with Gasteiger partial charge in [0.05, 0.1) is 6.10 Å². The van der Waals surface area contributed by atoms with E-state index in [0.29, 0.717) is 11.3 Å². The van der Waals surface area contributed by atoms with Gasteiger partial charge in [0.25, 0.3) is 0 Å². The number of hydrogen-bond donors (Lipinski definition) is 3. The first kappa shape index (κ1) is 13.0. The average Bonchev–Trinajstić information content (AvgIpc) is 2.25. The van der Waals surface area contributed by atoms with Gasteiger partial charge in [-0.05, 0) is 6.07 Å². The van der Waals surface area contributed by atoms with E-state index < -0.39 is 12.2 Å². The zero-order valence-electron chi connectivity index (χ0n) is 8.96. The topological polar surface area (TPSA) is 83.5 Å². The summed E-state index contributed by atoms with van der Waals surface area (Å²) in [4.78, 5) is 10.7. The highest BCUT2D eigenvalue weighted by molar-refractivity contribution is 8.13. The Morgan fingerprint density at radius 2 is 2.06 bits per heavy atom. The molecule has 0 amide bonds. The molecule has 16 heavy (non-hydrogen) atoms. The molecule has 0 heterocycles. The van der Waals surface area contributed by atoms with Crippen LogP contribution in [0, 0.1) is 0 Å². The molecule has 2 atom stereocenters. The molecule has 0 aromatic heterocycles. The van der Waals surface area contributed by atoms with Crippen molar-refractivity contribution in [2.24, 2.45) is 0 Å². The standard InChI is InChI=1S/C11H15NO3S/c1-7(13)16-6-10(14)11(15)8-4-2-3-5-9(8)12/h2-5,10-11,14-15H,6,12H2,1H3. The van der Waals surface area contributed by atoms with Crippen LogP contribution < -0.4 is 5.73 Å². The molecule has 0 fully saturated rings. The van der Waals surface area contributed by atoms with Gasteiger partial charge in [-0.2, -0.15) is 0 Å². The van der Waals surface area contributed by atoms with Gasteiger partial charge >= 0.3 is 0 Å². The summed E-state index contributed by atoms with van der Waals surface area (Å²) in [5.41, 5.74) is 6.59. The molecule has 0 aliphatic carbocycles. The number of para-hydroxylation sites is 1. The van der Waals surface area contributed by atoms with E-state index >= 15 is 0 Å². The molecule has 0 spiro atoms. The van der Waals surface area contributed by atoms with Crippen LogP contribution in [0.1, 0.15) is 18.6 Å². The lowest BCUT2D eigenvalue weighted by molar-refractivity contribution is -0.109. The number of rotatable bonds is 4. The van der Waals surface area contributed by atoms with Crippen LogP contribution in [0.15, 0.2) is 24.3 Å². The van der Waals surface area contributed by atoms with Crippen LogP contribution in [0.3, 0.4) is 0 Å². The summed E-state index contributed by atoms with van der Waals surface area (Å²) in [7, 11) is 0. The smallest absolute Gasteiger partial charge is 0.185 e. The normalized spacial score (nSPS) is 14.4. The number of aliphatic hydroxyl groups excluding tert-OH is 2. The van der Waals surface area contributed by atoms with Crippen molar-refractivity contribution in [1.29, 1.82) is 0 Å². The average molecular weight is 241 g/mol. The Labute approximate surface area is 98.5 Å².